The van der Waals surface area contributed by atoms with Gasteiger partial charge in [0.25, 0.3) is 5.91 Å². The largest absolute Gasteiger partial charge is 0.451 e. The molecule has 1 heterocycles. The number of rotatable bonds is 2. The molecule has 3 N–H and O–H groups in total. The summed E-state index contributed by atoms with van der Waals surface area (Å²) in [6.07, 6.45) is 0. The third kappa shape index (κ3) is 2.60. The third-order valence-corrected chi connectivity index (χ3v) is 3.35. The van der Waals surface area contributed by atoms with Gasteiger partial charge in [0.1, 0.15) is 5.58 Å². The van der Waals surface area contributed by atoms with Crippen LogP contribution >= 0.6 is 0 Å². The molecule has 0 atom stereocenters. The van der Waals surface area contributed by atoms with Gasteiger partial charge in [-0.15, -0.1) is 0 Å². The van der Waals surface area contributed by atoms with Gasteiger partial charge in [0, 0.05) is 5.39 Å². The van der Waals surface area contributed by atoms with Crippen molar-refractivity contribution in [2.75, 3.05) is 11.1 Å². The summed E-state index contributed by atoms with van der Waals surface area (Å²) in [7, 11) is 0. The fourth-order valence-electron chi connectivity index (χ4n) is 2.25. The molecule has 4 nitrogen and oxygen atoms in total. The van der Waals surface area contributed by atoms with Crippen LogP contribution in [0.25, 0.3) is 11.0 Å². The van der Waals surface area contributed by atoms with Gasteiger partial charge in [0.05, 0.1) is 11.4 Å². The topological polar surface area (TPSA) is 68.3 Å². The highest BCUT2D eigenvalue weighted by atomic mass is 16.3. The number of benzene rings is 2. The van der Waals surface area contributed by atoms with Crippen LogP contribution in [0.3, 0.4) is 0 Å². The summed E-state index contributed by atoms with van der Waals surface area (Å²) in [5.41, 5.74) is 9.89. The maximum absolute atomic E-state index is 12.2. The minimum atomic E-state index is -0.306. The monoisotopic (exact) mass is 280 g/mol. The summed E-state index contributed by atoms with van der Waals surface area (Å²) in [5.74, 6) is -0.0324. The molecule has 0 aliphatic heterocycles. The van der Waals surface area contributed by atoms with Gasteiger partial charge in [-0.1, -0.05) is 17.7 Å². The van der Waals surface area contributed by atoms with Gasteiger partial charge in [-0.2, -0.15) is 0 Å². The summed E-state index contributed by atoms with van der Waals surface area (Å²) < 4.78 is 5.57. The number of carbonyl (C=O) groups excluding carboxylic acids is 1. The SMILES string of the molecule is Cc1ccc(NC(=O)c2cc3cc(C)ccc3o2)c(N)c1. The number of nitrogens with one attached hydrogen (secondary N) is 1. The van der Waals surface area contributed by atoms with E-state index < -0.39 is 0 Å². The number of nitrogen functional groups attached to an aromatic ring is 1. The lowest BCUT2D eigenvalue weighted by atomic mass is 10.2. The van der Waals surface area contributed by atoms with E-state index in [4.69, 9.17) is 10.2 Å². The highest BCUT2D eigenvalue weighted by molar-refractivity contribution is 6.06. The molecule has 21 heavy (non-hydrogen) atoms. The molecule has 1 amide bonds. The second kappa shape index (κ2) is 4.98. The lowest BCUT2D eigenvalue weighted by Crippen LogP contribution is -2.12. The lowest BCUT2D eigenvalue weighted by Gasteiger charge is -2.07. The molecule has 0 fully saturated rings. The minimum Gasteiger partial charge on any atom is -0.451 e. The normalized spacial score (nSPS) is 10.8. The van der Waals surface area contributed by atoms with Crippen molar-refractivity contribution in [3.63, 3.8) is 0 Å². The molecule has 3 rings (SSSR count). The number of aryl methyl sites for hydroxylation is 2. The van der Waals surface area contributed by atoms with Crippen molar-refractivity contribution in [1.82, 2.24) is 0 Å². The van der Waals surface area contributed by atoms with Gasteiger partial charge in [0.15, 0.2) is 5.76 Å². The quantitative estimate of drug-likeness (QED) is 0.700. The highest BCUT2D eigenvalue weighted by Gasteiger charge is 2.13. The number of hydrogen-bond donors (Lipinski definition) is 2. The highest BCUT2D eigenvalue weighted by Crippen LogP contribution is 2.23. The Morgan fingerprint density at radius 2 is 1.76 bits per heavy atom. The number of hydrogen-bond acceptors (Lipinski definition) is 3. The van der Waals surface area contributed by atoms with Gasteiger partial charge in [-0.25, -0.2) is 0 Å². The van der Waals surface area contributed by atoms with Crippen molar-refractivity contribution in [2.45, 2.75) is 13.8 Å². The average molecular weight is 280 g/mol. The Balaban J connectivity index is 1.89. The van der Waals surface area contributed by atoms with Crippen LogP contribution in [0.2, 0.25) is 0 Å². The van der Waals surface area contributed by atoms with Crippen molar-refractivity contribution >= 4 is 28.3 Å². The van der Waals surface area contributed by atoms with Gasteiger partial charge < -0.3 is 15.5 Å². The fourth-order valence-corrected chi connectivity index (χ4v) is 2.25. The molecule has 0 aliphatic rings. The molecule has 106 valence electrons. The van der Waals surface area contributed by atoms with Crippen LogP contribution in [-0.4, -0.2) is 5.91 Å². The molecule has 0 unspecified atom stereocenters. The molecular weight excluding hydrogens is 264 g/mol. The number of nitrogens with two attached hydrogens (primary N) is 1. The molecule has 1 aromatic heterocycles. The number of amides is 1. The second-order valence-electron chi connectivity index (χ2n) is 5.20. The first-order valence-corrected chi connectivity index (χ1v) is 6.70. The van der Waals surface area contributed by atoms with Crippen molar-refractivity contribution in [2.24, 2.45) is 0 Å². The Bertz CT molecular complexity index is 834. The Kier molecular flexibility index (Phi) is 3.14. The van der Waals surface area contributed by atoms with E-state index in [-0.39, 0.29) is 11.7 Å². The maximum Gasteiger partial charge on any atom is 0.291 e. The smallest absolute Gasteiger partial charge is 0.291 e. The first-order chi connectivity index (χ1) is 10.0. The summed E-state index contributed by atoms with van der Waals surface area (Å²) in [5, 5.41) is 3.69. The van der Waals surface area contributed by atoms with Crippen LogP contribution in [0.15, 0.2) is 46.9 Å². The lowest BCUT2D eigenvalue weighted by molar-refractivity contribution is 0.0999. The Morgan fingerprint density at radius 1 is 1.05 bits per heavy atom. The van der Waals surface area contributed by atoms with Crippen molar-refractivity contribution < 1.29 is 9.21 Å². The summed E-state index contributed by atoms with van der Waals surface area (Å²) >= 11 is 0. The van der Waals surface area contributed by atoms with Crippen LogP contribution in [0.4, 0.5) is 11.4 Å². The van der Waals surface area contributed by atoms with Crippen molar-refractivity contribution in [1.29, 1.82) is 0 Å². The zero-order valence-corrected chi connectivity index (χ0v) is 11.9. The summed E-state index contributed by atoms with van der Waals surface area (Å²) in [4.78, 5) is 12.2. The molecule has 0 radical (unpaired) electrons. The molecule has 4 heteroatoms. The summed E-state index contributed by atoms with van der Waals surface area (Å²) in [6.45, 7) is 3.95. The molecule has 0 bridgehead atoms. The maximum atomic E-state index is 12.2. The van der Waals surface area contributed by atoms with Gasteiger partial charge in [-0.05, 0) is 49.7 Å². The Labute approximate surface area is 122 Å². The predicted molar refractivity (Wildman–Crippen MR) is 84.5 cm³/mol. The average Bonchev–Trinajstić information content (AvgIpc) is 2.85. The molecule has 3 aromatic rings. The van der Waals surface area contributed by atoms with Crippen molar-refractivity contribution in [3.8, 4) is 0 Å². The predicted octanol–water partition coefficient (Wildman–Crippen LogP) is 3.88. The van der Waals surface area contributed by atoms with Crippen LogP contribution in [0.1, 0.15) is 21.7 Å². The van der Waals surface area contributed by atoms with E-state index in [1.54, 1.807) is 12.1 Å². The van der Waals surface area contributed by atoms with E-state index in [1.165, 1.54) is 0 Å². The molecule has 0 aliphatic carbocycles. The Hall–Kier alpha value is -2.75. The first kappa shape index (κ1) is 13.2. The van der Waals surface area contributed by atoms with Crippen LogP contribution < -0.4 is 11.1 Å². The van der Waals surface area contributed by atoms with E-state index in [1.807, 2.05) is 44.2 Å². The van der Waals surface area contributed by atoms with E-state index in [0.29, 0.717) is 17.0 Å². The number of fused-ring (bicyclic) bond motifs is 1. The van der Waals surface area contributed by atoms with E-state index in [2.05, 4.69) is 5.32 Å². The molecular formula is C17H16N2O2. The zero-order chi connectivity index (χ0) is 15.0. The van der Waals surface area contributed by atoms with Gasteiger partial charge in [0.2, 0.25) is 0 Å². The van der Waals surface area contributed by atoms with Gasteiger partial charge >= 0.3 is 0 Å². The molecule has 2 aromatic carbocycles. The molecule has 0 saturated carbocycles. The van der Waals surface area contributed by atoms with Crippen LogP contribution in [-0.2, 0) is 0 Å². The molecule has 0 saturated heterocycles. The van der Waals surface area contributed by atoms with Crippen molar-refractivity contribution in [3.05, 3.63) is 59.4 Å². The number of carbonyl (C=O) groups is 1. The number of furan rings is 1. The van der Waals surface area contributed by atoms with Crippen LogP contribution in [0.5, 0.6) is 0 Å². The fraction of sp³-hybridized carbons (Fsp3) is 0.118. The van der Waals surface area contributed by atoms with E-state index in [9.17, 15) is 4.79 Å². The number of anilines is 2. The minimum absolute atomic E-state index is 0.274. The summed E-state index contributed by atoms with van der Waals surface area (Å²) in [6, 6.07) is 13.0. The molecule has 0 spiro atoms. The van der Waals surface area contributed by atoms with Gasteiger partial charge in [-0.3, -0.25) is 4.79 Å². The second-order valence-corrected chi connectivity index (χ2v) is 5.20. The Morgan fingerprint density at radius 3 is 2.52 bits per heavy atom. The first-order valence-electron chi connectivity index (χ1n) is 6.70. The van der Waals surface area contributed by atoms with E-state index >= 15 is 0 Å². The van der Waals surface area contributed by atoms with E-state index in [0.717, 1.165) is 16.5 Å². The zero-order valence-electron chi connectivity index (χ0n) is 11.9. The standard InChI is InChI=1S/C17H16N2O2/c1-10-4-6-15-12(7-10)9-16(21-15)17(20)19-14-5-3-11(2)8-13(14)18/h3-9H,18H2,1-2H3,(H,19,20). The van der Waals surface area contributed by atoms with Crippen LogP contribution in [0, 0.1) is 13.8 Å². The third-order valence-electron chi connectivity index (χ3n) is 3.35.